The van der Waals surface area contributed by atoms with Gasteiger partial charge in [0.1, 0.15) is 0 Å². The van der Waals surface area contributed by atoms with E-state index >= 15 is 0 Å². The van der Waals surface area contributed by atoms with Crippen molar-refractivity contribution in [2.45, 2.75) is 0 Å². The summed E-state index contributed by atoms with van der Waals surface area (Å²) in [5.74, 6) is 0.143. The molecule has 1 saturated heterocycles. The fraction of sp³-hybridized carbons (Fsp3) is 0.500. The Morgan fingerprint density at radius 3 is 2.44 bits per heavy atom. The van der Waals surface area contributed by atoms with Gasteiger partial charge in [0, 0.05) is 30.7 Å². The molecule has 0 aliphatic carbocycles. The number of likely N-dealkylation sites (N-methyl/N-ethyl adjacent to an activating group) is 1. The Kier molecular flexibility index (Phi) is 4.05. The third-order valence-electron chi connectivity index (χ3n) is 2.65. The van der Waals surface area contributed by atoms with Crippen LogP contribution in [-0.4, -0.2) is 48.9 Å². The number of nitrogens with zero attached hydrogens (tertiary/aromatic N) is 2. The second-order valence-corrected chi connectivity index (χ2v) is 7.05. The molecular formula is C10H12Br2N2OS. The predicted molar refractivity (Wildman–Crippen MR) is 73.1 cm³/mol. The van der Waals surface area contributed by atoms with Crippen molar-refractivity contribution in [1.82, 2.24) is 9.80 Å². The van der Waals surface area contributed by atoms with Gasteiger partial charge in [0.15, 0.2) is 0 Å². The van der Waals surface area contributed by atoms with E-state index < -0.39 is 0 Å². The lowest BCUT2D eigenvalue weighted by Crippen LogP contribution is -2.46. The molecule has 16 heavy (non-hydrogen) atoms. The number of carbonyl (C=O) groups is 1. The summed E-state index contributed by atoms with van der Waals surface area (Å²) in [6, 6.07) is 1.88. The smallest absolute Gasteiger partial charge is 0.264 e. The third kappa shape index (κ3) is 2.67. The quantitative estimate of drug-likeness (QED) is 0.761. The predicted octanol–water partition coefficient (Wildman–Crippen LogP) is 2.66. The molecule has 0 N–H and O–H groups in total. The summed E-state index contributed by atoms with van der Waals surface area (Å²) >= 11 is 8.29. The van der Waals surface area contributed by atoms with Gasteiger partial charge in [0.05, 0.1) is 8.66 Å². The van der Waals surface area contributed by atoms with Gasteiger partial charge in [0.25, 0.3) is 5.91 Å². The van der Waals surface area contributed by atoms with Crippen molar-refractivity contribution in [3.63, 3.8) is 0 Å². The number of halogens is 2. The summed E-state index contributed by atoms with van der Waals surface area (Å²) < 4.78 is 1.93. The van der Waals surface area contributed by atoms with Gasteiger partial charge in [-0.05, 0) is 45.0 Å². The summed E-state index contributed by atoms with van der Waals surface area (Å²) in [5, 5.41) is 0. The molecule has 0 aromatic carbocycles. The summed E-state index contributed by atoms with van der Waals surface area (Å²) in [5.41, 5.74) is 0. The average Bonchev–Trinajstić information content (AvgIpc) is 2.59. The number of hydrogen-bond acceptors (Lipinski definition) is 3. The Morgan fingerprint density at radius 2 is 1.94 bits per heavy atom. The maximum Gasteiger partial charge on any atom is 0.264 e. The zero-order valence-electron chi connectivity index (χ0n) is 8.87. The first-order chi connectivity index (χ1) is 7.58. The van der Waals surface area contributed by atoms with Gasteiger partial charge >= 0.3 is 0 Å². The highest BCUT2D eigenvalue weighted by Crippen LogP contribution is 2.33. The van der Waals surface area contributed by atoms with Crippen LogP contribution in [0.4, 0.5) is 0 Å². The number of piperazine rings is 1. The van der Waals surface area contributed by atoms with Crippen LogP contribution in [0, 0.1) is 0 Å². The van der Waals surface area contributed by atoms with E-state index in [1.165, 1.54) is 11.3 Å². The normalized spacial score (nSPS) is 17.8. The topological polar surface area (TPSA) is 23.6 Å². The SMILES string of the molecule is CN1CCN(C(=O)c2cc(Br)c(Br)s2)CC1. The van der Waals surface area contributed by atoms with Crippen LogP contribution in [0.5, 0.6) is 0 Å². The molecule has 1 aromatic heterocycles. The molecule has 0 saturated carbocycles. The maximum atomic E-state index is 12.1. The molecule has 3 nitrogen and oxygen atoms in total. The fourth-order valence-corrected chi connectivity index (χ4v) is 3.62. The Labute approximate surface area is 116 Å². The second kappa shape index (κ2) is 5.16. The van der Waals surface area contributed by atoms with Gasteiger partial charge in [-0.15, -0.1) is 11.3 Å². The van der Waals surface area contributed by atoms with Gasteiger partial charge in [-0.2, -0.15) is 0 Å². The molecule has 2 heterocycles. The molecule has 1 aliphatic rings. The molecule has 2 rings (SSSR count). The monoisotopic (exact) mass is 366 g/mol. The van der Waals surface area contributed by atoms with Gasteiger partial charge in [0.2, 0.25) is 0 Å². The minimum Gasteiger partial charge on any atom is -0.335 e. The molecule has 1 aliphatic heterocycles. The highest BCUT2D eigenvalue weighted by Gasteiger charge is 2.22. The minimum absolute atomic E-state index is 0.143. The van der Waals surface area contributed by atoms with Crippen LogP contribution in [0.2, 0.25) is 0 Å². The number of hydrogen-bond donors (Lipinski definition) is 0. The van der Waals surface area contributed by atoms with Gasteiger partial charge in [-0.1, -0.05) is 0 Å². The first kappa shape index (κ1) is 12.5. The van der Waals surface area contributed by atoms with E-state index in [0.29, 0.717) is 0 Å². The van der Waals surface area contributed by atoms with Crippen LogP contribution in [-0.2, 0) is 0 Å². The molecule has 1 fully saturated rings. The number of amides is 1. The minimum atomic E-state index is 0.143. The van der Waals surface area contributed by atoms with Crippen LogP contribution >= 0.6 is 43.2 Å². The summed E-state index contributed by atoms with van der Waals surface area (Å²) in [6.07, 6.45) is 0. The molecule has 6 heteroatoms. The lowest BCUT2D eigenvalue weighted by atomic mass is 10.3. The fourth-order valence-electron chi connectivity index (χ4n) is 1.62. The molecule has 0 spiro atoms. The van der Waals surface area contributed by atoms with Crippen LogP contribution < -0.4 is 0 Å². The van der Waals surface area contributed by atoms with E-state index in [2.05, 4.69) is 43.8 Å². The van der Waals surface area contributed by atoms with E-state index in [0.717, 1.165) is 39.3 Å². The Bertz CT molecular complexity index is 380. The Hall–Kier alpha value is 0.0900. The van der Waals surface area contributed by atoms with E-state index in [4.69, 9.17) is 0 Å². The maximum absolute atomic E-state index is 12.1. The van der Waals surface area contributed by atoms with E-state index in [-0.39, 0.29) is 5.91 Å². The van der Waals surface area contributed by atoms with Crippen LogP contribution in [0.1, 0.15) is 9.67 Å². The molecule has 0 atom stereocenters. The summed E-state index contributed by atoms with van der Waals surface area (Å²) in [7, 11) is 2.08. The van der Waals surface area contributed by atoms with Gasteiger partial charge < -0.3 is 9.80 Å². The molecule has 1 aromatic rings. The van der Waals surface area contributed by atoms with Gasteiger partial charge in [-0.25, -0.2) is 0 Å². The van der Waals surface area contributed by atoms with E-state index in [1.807, 2.05) is 11.0 Å². The zero-order chi connectivity index (χ0) is 11.7. The highest BCUT2D eigenvalue weighted by molar-refractivity contribution is 9.13. The zero-order valence-corrected chi connectivity index (χ0v) is 12.9. The third-order valence-corrected chi connectivity index (χ3v) is 5.89. The van der Waals surface area contributed by atoms with Crippen LogP contribution in [0.15, 0.2) is 14.3 Å². The molecule has 88 valence electrons. The second-order valence-electron chi connectivity index (χ2n) is 3.83. The summed E-state index contributed by atoms with van der Waals surface area (Å²) in [6.45, 7) is 3.56. The van der Waals surface area contributed by atoms with Crippen LogP contribution in [0.25, 0.3) is 0 Å². The molecule has 1 amide bonds. The van der Waals surface area contributed by atoms with Crippen LogP contribution in [0.3, 0.4) is 0 Å². The Balaban J connectivity index is 2.07. The van der Waals surface area contributed by atoms with Crippen molar-refractivity contribution in [2.75, 3.05) is 33.2 Å². The van der Waals surface area contributed by atoms with Gasteiger partial charge in [-0.3, -0.25) is 4.79 Å². The van der Waals surface area contributed by atoms with Crippen molar-refractivity contribution in [3.05, 3.63) is 19.2 Å². The Morgan fingerprint density at radius 1 is 1.31 bits per heavy atom. The first-order valence-corrected chi connectivity index (χ1v) is 7.41. The molecule has 0 unspecified atom stereocenters. The number of rotatable bonds is 1. The first-order valence-electron chi connectivity index (χ1n) is 5.00. The largest absolute Gasteiger partial charge is 0.335 e. The number of thiophene rings is 1. The standard InChI is InChI=1S/C10H12Br2N2OS/c1-13-2-4-14(5-3-13)10(15)8-6-7(11)9(12)16-8/h6H,2-5H2,1H3. The number of carbonyl (C=O) groups excluding carboxylic acids is 1. The summed E-state index contributed by atoms with van der Waals surface area (Å²) in [4.78, 5) is 17.1. The average molecular weight is 368 g/mol. The lowest BCUT2D eigenvalue weighted by molar-refractivity contribution is 0.0669. The molecule has 0 radical (unpaired) electrons. The van der Waals surface area contributed by atoms with Crippen molar-refractivity contribution >= 4 is 49.1 Å². The van der Waals surface area contributed by atoms with E-state index in [9.17, 15) is 4.79 Å². The van der Waals surface area contributed by atoms with Crippen molar-refractivity contribution in [1.29, 1.82) is 0 Å². The van der Waals surface area contributed by atoms with Crippen molar-refractivity contribution in [2.24, 2.45) is 0 Å². The highest BCUT2D eigenvalue weighted by atomic mass is 79.9. The molecular weight excluding hydrogens is 356 g/mol. The van der Waals surface area contributed by atoms with Crippen molar-refractivity contribution < 1.29 is 4.79 Å². The van der Waals surface area contributed by atoms with Crippen molar-refractivity contribution in [3.8, 4) is 0 Å². The lowest BCUT2D eigenvalue weighted by Gasteiger charge is -2.32. The molecule has 0 bridgehead atoms. The van der Waals surface area contributed by atoms with E-state index in [1.54, 1.807) is 0 Å².